The minimum atomic E-state index is -0.209. The molecule has 25 heavy (non-hydrogen) atoms. The monoisotopic (exact) mass is 456 g/mol. The minimum Gasteiger partial charge on any atom is -0.356 e. The lowest BCUT2D eigenvalue weighted by molar-refractivity contribution is 0.503. The molecule has 2 N–H and O–H groups in total. The first-order valence-corrected chi connectivity index (χ1v) is 8.11. The number of halogens is 2. The zero-order chi connectivity index (χ0) is 17.4. The van der Waals surface area contributed by atoms with Gasteiger partial charge < -0.3 is 10.6 Å². The predicted molar refractivity (Wildman–Crippen MR) is 112 cm³/mol. The van der Waals surface area contributed by atoms with Crippen LogP contribution in [-0.2, 0) is 11.8 Å². The van der Waals surface area contributed by atoms with E-state index in [-0.39, 0.29) is 35.2 Å². The lowest BCUT2D eigenvalue weighted by Crippen LogP contribution is -2.44. The van der Waals surface area contributed by atoms with Crippen molar-refractivity contribution in [1.29, 1.82) is 0 Å². The third kappa shape index (κ3) is 6.97. The molecule has 0 aliphatic carbocycles. The number of guanidine groups is 1. The molecule has 0 spiro atoms. The van der Waals surface area contributed by atoms with Crippen molar-refractivity contribution >= 4 is 29.9 Å². The third-order valence-corrected chi connectivity index (χ3v) is 3.96. The maximum atomic E-state index is 13.4. The van der Waals surface area contributed by atoms with Gasteiger partial charge >= 0.3 is 0 Å². The van der Waals surface area contributed by atoms with Gasteiger partial charge in [0.05, 0.1) is 0 Å². The molecule has 0 fully saturated rings. The lowest BCUT2D eigenvalue weighted by atomic mass is 9.84. The summed E-state index contributed by atoms with van der Waals surface area (Å²) < 4.78 is 13.4. The summed E-state index contributed by atoms with van der Waals surface area (Å²) in [5.74, 6) is 0.530. The maximum absolute atomic E-state index is 13.4. The van der Waals surface area contributed by atoms with Crippen molar-refractivity contribution in [3.05, 3.63) is 65.7 Å². The quantitative estimate of drug-likeness (QED) is 0.398. The van der Waals surface area contributed by atoms with Gasteiger partial charge in [-0.05, 0) is 35.7 Å². The molecule has 0 atom stereocenters. The Hall–Kier alpha value is -1.70. The zero-order valence-corrected chi connectivity index (χ0v) is 17.3. The van der Waals surface area contributed by atoms with E-state index in [9.17, 15) is 4.39 Å². The number of hydrogen-bond acceptors (Lipinski definition) is 2. The first kappa shape index (κ1) is 21.3. The Morgan fingerprint density at radius 3 is 2.64 bits per heavy atom. The molecule has 136 valence electrons. The van der Waals surface area contributed by atoms with E-state index >= 15 is 0 Å². The number of benzene rings is 1. The molecule has 0 saturated heterocycles. The van der Waals surface area contributed by atoms with Gasteiger partial charge in [0.2, 0.25) is 0 Å². The third-order valence-electron chi connectivity index (χ3n) is 3.96. The van der Waals surface area contributed by atoms with Crippen LogP contribution in [0.5, 0.6) is 0 Å². The molecule has 6 heteroatoms. The molecular weight excluding hydrogens is 430 g/mol. The van der Waals surface area contributed by atoms with Gasteiger partial charge in [0.25, 0.3) is 0 Å². The highest BCUT2D eigenvalue weighted by Gasteiger charge is 2.21. The molecule has 0 unspecified atom stereocenters. The van der Waals surface area contributed by atoms with Crippen LogP contribution < -0.4 is 10.6 Å². The van der Waals surface area contributed by atoms with Crippen molar-refractivity contribution < 1.29 is 4.39 Å². The predicted octanol–water partition coefficient (Wildman–Crippen LogP) is 3.52. The number of rotatable bonds is 6. The maximum Gasteiger partial charge on any atom is 0.191 e. The van der Waals surface area contributed by atoms with Crippen molar-refractivity contribution in [3.8, 4) is 0 Å². The number of pyridine rings is 1. The van der Waals surface area contributed by atoms with Crippen LogP contribution in [0.2, 0.25) is 0 Å². The van der Waals surface area contributed by atoms with Crippen LogP contribution >= 0.6 is 24.0 Å². The van der Waals surface area contributed by atoms with E-state index in [1.807, 2.05) is 18.3 Å². The normalized spacial score (nSPS) is 11.6. The van der Waals surface area contributed by atoms with Gasteiger partial charge in [0, 0.05) is 37.9 Å². The van der Waals surface area contributed by atoms with Crippen LogP contribution in [0.4, 0.5) is 4.39 Å². The summed E-state index contributed by atoms with van der Waals surface area (Å²) in [5.41, 5.74) is 1.93. The number of nitrogens with zero attached hydrogens (tertiary/aromatic N) is 2. The van der Waals surface area contributed by atoms with E-state index < -0.39 is 0 Å². The van der Waals surface area contributed by atoms with Gasteiger partial charge in [-0.3, -0.25) is 9.98 Å². The molecule has 1 aromatic heterocycles. The number of hydrogen-bond donors (Lipinski definition) is 2. The smallest absolute Gasteiger partial charge is 0.191 e. The van der Waals surface area contributed by atoms with Gasteiger partial charge in [-0.1, -0.05) is 32.0 Å². The molecule has 1 heterocycles. The van der Waals surface area contributed by atoms with Gasteiger partial charge in [0.1, 0.15) is 5.82 Å². The van der Waals surface area contributed by atoms with E-state index in [0.717, 1.165) is 24.5 Å². The number of aliphatic imine (C=N–C) groups is 1. The fourth-order valence-corrected chi connectivity index (χ4v) is 2.41. The Kier molecular flexibility index (Phi) is 8.82. The Balaban J connectivity index is 0.00000312. The summed E-state index contributed by atoms with van der Waals surface area (Å²) in [4.78, 5) is 8.35. The van der Waals surface area contributed by atoms with Crippen molar-refractivity contribution in [2.24, 2.45) is 4.99 Å². The largest absolute Gasteiger partial charge is 0.356 e. The Labute approximate surface area is 166 Å². The highest BCUT2D eigenvalue weighted by Crippen LogP contribution is 2.22. The molecule has 0 saturated carbocycles. The molecule has 2 aromatic rings. The van der Waals surface area contributed by atoms with Crippen LogP contribution in [0.3, 0.4) is 0 Å². The van der Waals surface area contributed by atoms with E-state index in [1.54, 1.807) is 25.4 Å². The van der Waals surface area contributed by atoms with Crippen molar-refractivity contribution in [1.82, 2.24) is 15.6 Å². The first-order valence-electron chi connectivity index (χ1n) is 8.11. The van der Waals surface area contributed by atoms with Crippen LogP contribution in [0.1, 0.15) is 25.0 Å². The number of nitrogens with one attached hydrogen (secondary N) is 2. The number of aromatic nitrogens is 1. The summed E-state index contributed by atoms with van der Waals surface area (Å²) >= 11 is 0. The molecule has 0 bridgehead atoms. The van der Waals surface area contributed by atoms with Crippen molar-refractivity contribution in [2.45, 2.75) is 25.7 Å². The standard InChI is InChI=1S/C19H25FN4.HI/c1-19(2,16-7-4-8-17(20)12-16)14-24-18(21-3)23-11-9-15-6-5-10-22-13-15;/h4-8,10,12-13H,9,11,14H2,1-3H3,(H2,21,23,24);1H. The van der Waals surface area contributed by atoms with E-state index in [0.29, 0.717) is 6.54 Å². The molecule has 4 nitrogen and oxygen atoms in total. The average Bonchev–Trinajstić information content (AvgIpc) is 2.59. The summed E-state index contributed by atoms with van der Waals surface area (Å²) in [6, 6.07) is 10.7. The fourth-order valence-electron chi connectivity index (χ4n) is 2.41. The summed E-state index contributed by atoms with van der Waals surface area (Å²) in [6.07, 6.45) is 4.51. The highest BCUT2D eigenvalue weighted by molar-refractivity contribution is 14.0. The topological polar surface area (TPSA) is 49.3 Å². The minimum absolute atomic E-state index is 0. The molecule has 1 aromatic carbocycles. The fraction of sp³-hybridized carbons (Fsp3) is 0.368. The van der Waals surface area contributed by atoms with Crippen molar-refractivity contribution in [3.63, 3.8) is 0 Å². The second-order valence-electron chi connectivity index (χ2n) is 6.36. The van der Waals surface area contributed by atoms with E-state index in [4.69, 9.17) is 0 Å². The van der Waals surface area contributed by atoms with Crippen molar-refractivity contribution in [2.75, 3.05) is 20.1 Å². The highest BCUT2D eigenvalue weighted by atomic mass is 127. The summed E-state index contributed by atoms with van der Waals surface area (Å²) in [5, 5.41) is 6.61. The van der Waals surface area contributed by atoms with Gasteiger partial charge in [0.15, 0.2) is 5.96 Å². The van der Waals surface area contributed by atoms with Crippen LogP contribution in [-0.4, -0.2) is 31.1 Å². The summed E-state index contributed by atoms with van der Waals surface area (Å²) in [7, 11) is 1.74. The zero-order valence-electron chi connectivity index (χ0n) is 14.9. The second kappa shape index (κ2) is 10.3. The molecular formula is C19H26FIN4. The van der Waals surface area contributed by atoms with Crippen LogP contribution in [0, 0.1) is 5.82 Å². The van der Waals surface area contributed by atoms with Gasteiger partial charge in [-0.2, -0.15) is 0 Å². The summed E-state index contributed by atoms with van der Waals surface area (Å²) in [6.45, 7) is 5.59. The average molecular weight is 456 g/mol. The molecule has 2 rings (SSSR count). The lowest BCUT2D eigenvalue weighted by Gasteiger charge is -2.26. The van der Waals surface area contributed by atoms with Crippen LogP contribution in [0.15, 0.2) is 53.8 Å². The molecule has 0 aliphatic heterocycles. The first-order chi connectivity index (χ1) is 11.5. The van der Waals surface area contributed by atoms with Gasteiger partial charge in [-0.15, -0.1) is 24.0 Å². The molecule has 0 amide bonds. The van der Waals surface area contributed by atoms with E-state index in [2.05, 4.69) is 40.5 Å². The van der Waals surface area contributed by atoms with E-state index in [1.165, 1.54) is 11.6 Å². The van der Waals surface area contributed by atoms with Crippen LogP contribution in [0.25, 0.3) is 0 Å². The molecule has 0 radical (unpaired) electrons. The Morgan fingerprint density at radius 2 is 2.00 bits per heavy atom. The van der Waals surface area contributed by atoms with Gasteiger partial charge in [-0.25, -0.2) is 4.39 Å². The second-order valence-corrected chi connectivity index (χ2v) is 6.36. The Bertz CT molecular complexity index is 674. The SMILES string of the molecule is CN=C(NCCc1cccnc1)NCC(C)(C)c1cccc(F)c1.I. The Morgan fingerprint density at radius 1 is 1.20 bits per heavy atom. The molecule has 0 aliphatic rings.